The molecule has 1 fully saturated rings. The van der Waals surface area contributed by atoms with Crippen LogP contribution < -0.4 is 5.32 Å². The summed E-state index contributed by atoms with van der Waals surface area (Å²) in [5, 5.41) is 7.72. The molecule has 2 aliphatic rings. The van der Waals surface area contributed by atoms with E-state index >= 15 is 0 Å². The SMILES string of the molecule is Cn1ncc2c1CCC[C@H]2NC(=O)[C@@H](c1ccccc1)N1CCCC1. The Hall–Kier alpha value is -2.14. The molecule has 0 saturated carbocycles. The molecule has 132 valence electrons. The average Bonchev–Trinajstić information content (AvgIpc) is 3.28. The van der Waals surface area contributed by atoms with E-state index in [4.69, 9.17) is 0 Å². The van der Waals surface area contributed by atoms with Gasteiger partial charge in [0.15, 0.2) is 0 Å². The molecule has 1 aromatic carbocycles. The molecule has 1 N–H and O–H groups in total. The lowest BCUT2D eigenvalue weighted by Gasteiger charge is -2.30. The predicted octanol–water partition coefficient (Wildman–Crippen LogP) is 2.75. The molecule has 2 aromatic rings. The van der Waals surface area contributed by atoms with E-state index in [0.29, 0.717) is 0 Å². The lowest BCUT2D eigenvalue weighted by Crippen LogP contribution is -2.41. The molecule has 25 heavy (non-hydrogen) atoms. The minimum absolute atomic E-state index is 0.0822. The van der Waals surface area contributed by atoms with Gasteiger partial charge >= 0.3 is 0 Å². The normalized spacial score (nSPS) is 21.7. The number of carbonyl (C=O) groups excluding carboxylic acids is 1. The van der Waals surface area contributed by atoms with Crippen molar-refractivity contribution >= 4 is 5.91 Å². The van der Waals surface area contributed by atoms with Crippen molar-refractivity contribution in [2.45, 2.75) is 44.2 Å². The summed E-state index contributed by atoms with van der Waals surface area (Å²) in [4.78, 5) is 15.6. The summed E-state index contributed by atoms with van der Waals surface area (Å²) in [6.45, 7) is 1.99. The molecular formula is C20H26N4O. The van der Waals surface area contributed by atoms with Gasteiger partial charge in [-0.15, -0.1) is 0 Å². The zero-order valence-electron chi connectivity index (χ0n) is 14.8. The second kappa shape index (κ2) is 7.00. The van der Waals surface area contributed by atoms with Crippen LogP contribution in [-0.4, -0.2) is 33.7 Å². The quantitative estimate of drug-likeness (QED) is 0.932. The number of nitrogens with one attached hydrogen (secondary N) is 1. The average molecular weight is 338 g/mol. The van der Waals surface area contributed by atoms with Crippen LogP contribution in [-0.2, 0) is 18.3 Å². The summed E-state index contributed by atoms with van der Waals surface area (Å²) in [7, 11) is 1.99. The highest BCUT2D eigenvalue weighted by molar-refractivity contribution is 5.83. The zero-order chi connectivity index (χ0) is 17.2. The Bertz CT molecular complexity index is 733. The van der Waals surface area contributed by atoms with Crippen molar-refractivity contribution in [2.75, 3.05) is 13.1 Å². The first-order valence-corrected chi connectivity index (χ1v) is 9.34. The van der Waals surface area contributed by atoms with Crippen molar-refractivity contribution in [3.63, 3.8) is 0 Å². The number of hydrogen-bond donors (Lipinski definition) is 1. The third kappa shape index (κ3) is 3.21. The van der Waals surface area contributed by atoms with Gasteiger partial charge in [0.1, 0.15) is 6.04 Å². The maximum Gasteiger partial charge on any atom is 0.242 e. The molecule has 1 aliphatic carbocycles. The van der Waals surface area contributed by atoms with Gasteiger partial charge in [-0.3, -0.25) is 14.4 Å². The van der Waals surface area contributed by atoms with Crippen molar-refractivity contribution < 1.29 is 4.79 Å². The standard InChI is InChI=1S/C20H26N4O/c1-23-18-11-7-10-17(16(18)14-21-23)22-20(25)19(24-12-5-6-13-24)15-8-3-2-4-9-15/h2-4,8-9,14,17,19H,5-7,10-13H2,1H3,(H,22,25)/t17-,19-/m1/s1. The number of carbonyl (C=O) groups is 1. The molecule has 2 heterocycles. The van der Waals surface area contributed by atoms with Crippen LogP contribution in [0.4, 0.5) is 0 Å². The summed E-state index contributed by atoms with van der Waals surface area (Å²) >= 11 is 0. The lowest BCUT2D eigenvalue weighted by molar-refractivity contribution is -0.127. The Morgan fingerprint density at radius 2 is 1.96 bits per heavy atom. The number of aromatic nitrogens is 2. The Morgan fingerprint density at radius 1 is 1.20 bits per heavy atom. The molecule has 1 amide bonds. The monoisotopic (exact) mass is 338 g/mol. The van der Waals surface area contributed by atoms with Crippen LogP contribution in [0.5, 0.6) is 0 Å². The summed E-state index contributed by atoms with van der Waals surface area (Å²) in [6, 6.07) is 10.1. The fourth-order valence-electron chi connectivity index (χ4n) is 4.27. The van der Waals surface area contributed by atoms with Crippen molar-refractivity contribution in [1.29, 1.82) is 0 Å². The molecule has 0 unspecified atom stereocenters. The Balaban J connectivity index is 1.57. The molecule has 4 rings (SSSR count). The van der Waals surface area contributed by atoms with Crippen molar-refractivity contribution in [3.05, 3.63) is 53.3 Å². The predicted molar refractivity (Wildman–Crippen MR) is 97.0 cm³/mol. The van der Waals surface area contributed by atoms with E-state index in [2.05, 4.69) is 27.4 Å². The molecule has 0 spiro atoms. The number of hydrogen-bond acceptors (Lipinski definition) is 3. The Morgan fingerprint density at radius 3 is 2.72 bits per heavy atom. The minimum Gasteiger partial charge on any atom is -0.348 e. The van der Waals surface area contributed by atoms with E-state index in [1.807, 2.05) is 36.1 Å². The number of amides is 1. The second-order valence-electron chi connectivity index (χ2n) is 7.18. The van der Waals surface area contributed by atoms with Crippen LogP contribution >= 0.6 is 0 Å². The van der Waals surface area contributed by atoms with Crippen molar-refractivity contribution in [1.82, 2.24) is 20.0 Å². The van der Waals surface area contributed by atoms with Crippen LogP contribution in [0.2, 0.25) is 0 Å². The number of aryl methyl sites for hydroxylation is 1. The van der Waals surface area contributed by atoms with Crippen LogP contribution in [0.25, 0.3) is 0 Å². The van der Waals surface area contributed by atoms with Gasteiger partial charge < -0.3 is 5.32 Å². The van der Waals surface area contributed by atoms with E-state index in [0.717, 1.165) is 37.9 Å². The molecule has 5 nitrogen and oxygen atoms in total. The summed E-state index contributed by atoms with van der Waals surface area (Å²) in [6.07, 6.45) is 7.40. The van der Waals surface area contributed by atoms with Crippen LogP contribution in [0.3, 0.4) is 0 Å². The molecule has 0 bridgehead atoms. The molecular weight excluding hydrogens is 312 g/mol. The van der Waals surface area contributed by atoms with Gasteiger partial charge in [-0.25, -0.2) is 0 Å². The van der Waals surface area contributed by atoms with Crippen LogP contribution in [0.1, 0.15) is 54.6 Å². The maximum absolute atomic E-state index is 13.2. The molecule has 1 aromatic heterocycles. The third-order valence-corrected chi connectivity index (χ3v) is 5.56. The summed E-state index contributed by atoms with van der Waals surface area (Å²) in [5.41, 5.74) is 3.54. The van der Waals surface area contributed by atoms with Crippen molar-refractivity contribution in [2.24, 2.45) is 7.05 Å². The summed E-state index contributed by atoms with van der Waals surface area (Å²) < 4.78 is 1.95. The Labute approximate surface area is 149 Å². The molecule has 0 radical (unpaired) electrons. The van der Waals surface area contributed by atoms with Crippen LogP contribution in [0.15, 0.2) is 36.5 Å². The summed E-state index contributed by atoms with van der Waals surface area (Å²) in [5.74, 6) is 0.120. The smallest absolute Gasteiger partial charge is 0.242 e. The number of rotatable bonds is 4. The minimum atomic E-state index is -0.189. The number of fused-ring (bicyclic) bond motifs is 1. The molecule has 1 aliphatic heterocycles. The van der Waals surface area contributed by atoms with Gasteiger partial charge in [-0.05, 0) is 50.8 Å². The number of nitrogens with zero attached hydrogens (tertiary/aromatic N) is 3. The first-order chi connectivity index (χ1) is 12.2. The van der Waals surface area contributed by atoms with E-state index in [1.165, 1.54) is 24.1 Å². The fourth-order valence-corrected chi connectivity index (χ4v) is 4.27. The van der Waals surface area contributed by atoms with Gasteiger partial charge in [-0.1, -0.05) is 30.3 Å². The highest BCUT2D eigenvalue weighted by atomic mass is 16.2. The van der Waals surface area contributed by atoms with E-state index in [1.54, 1.807) is 0 Å². The van der Waals surface area contributed by atoms with Gasteiger partial charge in [0.05, 0.1) is 12.2 Å². The van der Waals surface area contributed by atoms with Gasteiger partial charge in [0.2, 0.25) is 5.91 Å². The van der Waals surface area contributed by atoms with E-state index < -0.39 is 0 Å². The van der Waals surface area contributed by atoms with E-state index in [9.17, 15) is 4.79 Å². The van der Waals surface area contributed by atoms with Gasteiger partial charge in [-0.2, -0.15) is 5.10 Å². The lowest BCUT2D eigenvalue weighted by atomic mass is 9.92. The number of likely N-dealkylation sites (tertiary alicyclic amines) is 1. The highest BCUT2D eigenvalue weighted by Gasteiger charge is 2.32. The molecule has 2 atom stereocenters. The van der Waals surface area contributed by atoms with Gasteiger partial charge in [0.25, 0.3) is 0 Å². The molecule has 1 saturated heterocycles. The van der Waals surface area contributed by atoms with Crippen LogP contribution in [0, 0.1) is 0 Å². The van der Waals surface area contributed by atoms with E-state index in [-0.39, 0.29) is 18.0 Å². The third-order valence-electron chi connectivity index (χ3n) is 5.56. The Kier molecular flexibility index (Phi) is 4.57. The highest BCUT2D eigenvalue weighted by Crippen LogP contribution is 2.31. The topological polar surface area (TPSA) is 50.2 Å². The largest absolute Gasteiger partial charge is 0.348 e. The molecule has 5 heteroatoms. The van der Waals surface area contributed by atoms with Crippen molar-refractivity contribution in [3.8, 4) is 0 Å². The maximum atomic E-state index is 13.2. The number of benzene rings is 1. The zero-order valence-corrected chi connectivity index (χ0v) is 14.8. The van der Waals surface area contributed by atoms with Gasteiger partial charge in [0, 0.05) is 18.3 Å². The first kappa shape index (κ1) is 16.3. The second-order valence-corrected chi connectivity index (χ2v) is 7.18. The fraction of sp³-hybridized carbons (Fsp3) is 0.500. The first-order valence-electron chi connectivity index (χ1n) is 9.34.